The molecule has 34 valence electrons. The van der Waals surface area contributed by atoms with Gasteiger partial charge in [0.1, 0.15) is 0 Å². The fourth-order valence-corrected chi connectivity index (χ4v) is 0. The second kappa shape index (κ2) is 17.6. The Bertz CT molecular complexity index is 8.00. The van der Waals surface area contributed by atoms with Gasteiger partial charge in [0.05, 0.1) is 0 Å². The standard InChI is InChI=1S/Ag.Al.Cu.Sn.5H. The molecule has 0 aliphatic carbocycles. The third kappa shape index (κ3) is 8.82. The Morgan fingerprint density at radius 2 is 1.00 bits per heavy atom. The van der Waals surface area contributed by atoms with E-state index in [0.717, 1.165) is 0 Å². The van der Waals surface area contributed by atoms with Crippen molar-refractivity contribution in [2.75, 3.05) is 0 Å². The summed E-state index contributed by atoms with van der Waals surface area (Å²) in [6, 6.07) is 0. The van der Waals surface area contributed by atoms with Gasteiger partial charge < -0.3 is 0 Å². The van der Waals surface area contributed by atoms with Crippen LogP contribution in [0.5, 0.6) is 0 Å². The fraction of sp³-hybridized carbons (Fsp3) is 0. The van der Waals surface area contributed by atoms with Crippen LogP contribution in [0.4, 0.5) is 0 Å². The Morgan fingerprint density at radius 1 is 1.00 bits per heavy atom. The third-order valence-corrected chi connectivity index (χ3v) is 0. The van der Waals surface area contributed by atoms with E-state index in [1.165, 1.54) is 0 Å². The Kier molecular flexibility index (Phi) is 135. The van der Waals surface area contributed by atoms with Crippen LogP contribution in [0, 0.1) is 0 Å². The summed E-state index contributed by atoms with van der Waals surface area (Å²) in [7, 11) is 0. The Morgan fingerprint density at radius 3 is 1.00 bits per heavy atom. The van der Waals surface area contributed by atoms with Gasteiger partial charge in [-0.3, -0.25) is 0 Å². The second-order valence-corrected chi connectivity index (χ2v) is 0. The van der Waals surface area contributed by atoms with Gasteiger partial charge in [-0.15, -0.1) is 0 Å². The first-order valence-corrected chi connectivity index (χ1v) is 0. The predicted molar refractivity (Wildman–Crippen MR) is 18.5 cm³/mol. The van der Waals surface area contributed by atoms with E-state index in [9.17, 15) is 0 Å². The monoisotopic (exact) mass is 322 g/mol. The van der Waals surface area contributed by atoms with Gasteiger partial charge in [-0.05, 0) is 0 Å². The molecule has 0 spiro atoms. The molecule has 0 fully saturated rings. The molecule has 0 unspecified atom stereocenters. The molecule has 0 aliphatic heterocycles. The van der Waals surface area contributed by atoms with Crippen LogP contribution in [-0.4, -0.2) is 41.3 Å². The van der Waals surface area contributed by atoms with Gasteiger partial charge in [0.25, 0.3) is 0 Å². The molecule has 0 saturated carbocycles. The Labute approximate surface area is 79.5 Å². The number of rotatable bonds is 0. The molecule has 4 radical (unpaired) electrons. The summed E-state index contributed by atoms with van der Waals surface area (Å²) in [5.41, 5.74) is 0. The number of hydrogen-bond donors (Lipinski definition) is 0. The van der Waals surface area contributed by atoms with Crippen molar-refractivity contribution in [1.82, 2.24) is 0 Å². The van der Waals surface area contributed by atoms with E-state index in [-0.39, 0.29) is 80.7 Å². The molecule has 4 heavy (non-hydrogen) atoms. The summed E-state index contributed by atoms with van der Waals surface area (Å²) in [6.07, 6.45) is 0. The third-order valence-electron chi connectivity index (χ3n) is 0. The minimum atomic E-state index is 0. The van der Waals surface area contributed by atoms with Crippen molar-refractivity contribution < 1.29 is 39.4 Å². The van der Waals surface area contributed by atoms with E-state index in [1.807, 2.05) is 0 Å². The molecular weight excluding hydrogens is 317 g/mol. The molecule has 0 aromatic heterocycles. The van der Waals surface area contributed by atoms with E-state index in [1.54, 1.807) is 0 Å². The fourth-order valence-electron chi connectivity index (χ4n) is 0. The van der Waals surface area contributed by atoms with Crippen LogP contribution in [0.3, 0.4) is 0 Å². The SMILES string of the molecule is [Ag].[AlH3].[Cu].[SnH2]. The van der Waals surface area contributed by atoms with Gasteiger partial charge in [0.15, 0.2) is 17.4 Å². The topological polar surface area (TPSA) is 0 Å². The van der Waals surface area contributed by atoms with Crippen molar-refractivity contribution >= 4 is 41.3 Å². The summed E-state index contributed by atoms with van der Waals surface area (Å²) >= 11 is 0. The zero-order valence-electron chi connectivity index (χ0n) is 1.31. The Balaban J connectivity index is 0. The van der Waals surface area contributed by atoms with Crippen LogP contribution >= 0.6 is 0 Å². The number of hydrogen-bond acceptors (Lipinski definition) is 0. The first kappa shape index (κ1) is 30.7. The van der Waals surface area contributed by atoms with E-state index >= 15 is 0 Å². The minimum absolute atomic E-state index is 0. The molecule has 0 amide bonds. The van der Waals surface area contributed by atoms with Crippen molar-refractivity contribution in [3.63, 3.8) is 0 Å². The summed E-state index contributed by atoms with van der Waals surface area (Å²) in [5, 5.41) is 0. The van der Waals surface area contributed by atoms with Crippen LogP contribution in [0.2, 0.25) is 0 Å². The summed E-state index contributed by atoms with van der Waals surface area (Å²) in [4.78, 5) is 0. The normalized spacial score (nSPS) is 0. The predicted octanol–water partition coefficient (Wildman–Crippen LogP) is -2.11. The quantitative estimate of drug-likeness (QED) is 0.448. The van der Waals surface area contributed by atoms with Gasteiger partial charge in [0, 0.05) is 39.4 Å². The van der Waals surface area contributed by atoms with Crippen molar-refractivity contribution in [3.05, 3.63) is 0 Å². The molecule has 0 aromatic rings. The first-order chi connectivity index (χ1) is 0. The van der Waals surface area contributed by atoms with Crippen LogP contribution in [0.1, 0.15) is 0 Å². The average Bonchev–Trinajstić information content (AvgIpc) is 0. The summed E-state index contributed by atoms with van der Waals surface area (Å²) in [6.45, 7) is 0. The first-order valence-electron chi connectivity index (χ1n) is 0. The maximum atomic E-state index is 0. The van der Waals surface area contributed by atoms with Crippen LogP contribution in [0.15, 0.2) is 0 Å². The van der Waals surface area contributed by atoms with Crippen LogP contribution in [0.25, 0.3) is 0 Å². The average molecular weight is 322 g/mol. The van der Waals surface area contributed by atoms with E-state index in [0.29, 0.717) is 0 Å². The zero-order valence-corrected chi connectivity index (χ0v) is 7.77. The van der Waals surface area contributed by atoms with E-state index in [2.05, 4.69) is 0 Å². The van der Waals surface area contributed by atoms with Gasteiger partial charge in [-0.25, -0.2) is 0 Å². The molecule has 0 rings (SSSR count). The van der Waals surface area contributed by atoms with Gasteiger partial charge >= 0.3 is 23.9 Å². The molecule has 0 heterocycles. The molecule has 0 aromatic carbocycles. The van der Waals surface area contributed by atoms with Gasteiger partial charge in [-0.2, -0.15) is 0 Å². The van der Waals surface area contributed by atoms with Crippen molar-refractivity contribution in [2.45, 2.75) is 0 Å². The van der Waals surface area contributed by atoms with Crippen LogP contribution in [-0.2, 0) is 39.4 Å². The molecule has 0 N–H and O–H groups in total. The molecule has 4 heteroatoms. The molecule has 0 nitrogen and oxygen atoms in total. The maximum absolute atomic E-state index is 0. The molecular formula is H5AgAlCuSn. The van der Waals surface area contributed by atoms with Gasteiger partial charge in [0.2, 0.25) is 0 Å². The second-order valence-electron chi connectivity index (χ2n) is 0. The van der Waals surface area contributed by atoms with Crippen molar-refractivity contribution in [3.8, 4) is 0 Å². The molecule has 0 aliphatic rings. The van der Waals surface area contributed by atoms with E-state index < -0.39 is 0 Å². The summed E-state index contributed by atoms with van der Waals surface area (Å²) in [5.74, 6) is 0. The molecule has 0 atom stereocenters. The van der Waals surface area contributed by atoms with Crippen molar-refractivity contribution in [1.29, 1.82) is 0 Å². The Hall–Kier alpha value is 2.59. The zero-order chi connectivity index (χ0) is 0. The van der Waals surface area contributed by atoms with Crippen LogP contribution < -0.4 is 0 Å². The molecule has 0 saturated heterocycles. The summed E-state index contributed by atoms with van der Waals surface area (Å²) < 4.78 is 0. The molecule has 0 bridgehead atoms. The van der Waals surface area contributed by atoms with Crippen molar-refractivity contribution in [2.24, 2.45) is 0 Å². The van der Waals surface area contributed by atoms with Gasteiger partial charge in [-0.1, -0.05) is 0 Å². The van der Waals surface area contributed by atoms with E-state index in [4.69, 9.17) is 0 Å².